The maximum absolute atomic E-state index is 14.7. The van der Waals surface area contributed by atoms with Gasteiger partial charge in [0.05, 0.1) is 39.4 Å². The first-order valence-electron chi connectivity index (χ1n) is 8.87. The van der Waals surface area contributed by atoms with Crippen LogP contribution in [0.2, 0.25) is 10.0 Å². The Morgan fingerprint density at radius 3 is 2.48 bits per heavy atom. The molecule has 31 heavy (non-hydrogen) atoms. The van der Waals surface area contributed by atoms with Crippen LogP contribution in [-0.2, 0) is 0 Å². The molecule has 1 amide bonds. The highest BCUT2D eigenvalue weighted by atomic mass is 79.9. The summed E-state index contributed by atoms with van der Waals surface area (Å²) in [6.45, 7) is 0. The first-order chi connectivity index (χ1) is 14.8. The van der Waals surface area contributed by atoms with Gasteiger partial charge in [-0.1, -0.05) is 39.1 Å². The average Bonchev–Trinajstić information content (AvgIpc) is 3.10. The second-order valence-corrected chi connectivity index (χ2v) is 8.23. The minimum Gasteiger partial charge on any atom is -0.496 e. The first-order valence-corrected chi connectivity index (χ1v) is 10.4. The van der Waals surface area contributed by atoms with Crippen molar-refractivity contribution in [3.63, 3.8) is 0 Å². The zero-order valence-corrected chi connectivity index (χ0v) is 19.0. The zero-order chi connectivity index (χ0) is 22.3. The van der Waals surface area contributed by atoms with E-state index < -0.39 is 11.7 Å². The molecule has 0 bridgehead atoms. The van der Waals surface area contributed by atoms with Crippen LogP contribution in [0.3, 0.4) is 0 Å². The molecule has 0 atom stereocenters. The van der Waals surface area contributed by atoms with E-state index in [1.54, 1.807) is 10.6 Å². The molecule has 0 saturated heterocycles. The Labute approximate surface area is 194 Å². The number of ether oxygens (including phenoxy) is 1. The molecule has 0 spiro atoms. The lowest BCUT2D eigenvalue weighted by Gasteiger charge is -2.14. The molecular weight excluding hydrogens is 510 g/mol. The fourth-order valence-electron chi connectivity index (χ4n) is 3.15. The molecule has 6 nitrogen and oxygen atoms in total. The minimum atomic E-state index is -0.709. The molecule has 0 fully saturated rings. The van der Waals surface area contributed by atoms with Crippen LogP contribution in [0.1, 0.15) is 10.4 Å². The number of fused-ring (bicyclic) bond motifs is 1. The van der Waals surface area contributed by atoms with E-state index in [-0.39, 0.29) is 33.0 Å². The standard InChI is InChI=1S/C21H14BrCl2FN4O2/c1-31-17-9-16-15(8-12(17)20(26)30)27-21(29(16)11-4-2-10(22)3-5-11)28-19-14(24)7-6-13(23)18(19)25/h2-9H,1H3,(H2,26,30)(H,27,28). The largest absolute Gasteiger partial charge is 0.496 e. The number of imidazole rings is 1. The highest BCUT2D eigenvalue weighted by molar-refractivity contribution is 9.10. The first kappa shape index (κ1) is 21.4. The molecule has 10 heteroatoms. The van der Waals surface area contributed by atoms with Gasteiger partial charge in [-0.2, -0.15) is 0 Å². The number of benzene rings is 3. The van der Waals surface area contributed by atoms with Crippen molar-refractivity contribution in [2.24, 2.45) is 5.73 Å². The lowest BCUT2D eigenvalue weighted by molar-refractivity contribution is 0.0997. The minimum absolute atomic E-state index is 0.0232. The van der Waals surface area contributed by atoms with Gasteiger partial charge in [0, 0.05) is 16.2 Å². The van der Waals surface area contributed by atoms with E-state index in [4.69, 9.17) is 33.7 Å². The van der Waals surface area contributed by atoms with E-state index in [1.807, 2.05) is 24.3 Å². The number of methoxy groups -OCH3 is 1. The van der Waals surface area contributed by atoms with Crippen LogP contribution in [0, 0.1) is 5.82 Å². The van der Waals surface area contributed by atoms with E-state index in [9.17, 15) is 9.18 Å². The lowest BCUT2D eigenvalue weighted by Crippen LogP contribution is -2.12. The third-order valence-corrected chi connectivity index (χ3v) is 5.74. The normalized spacial score (nSPS) is 11.0. The Morgan fingerprint density at radius 2 is 1.84 bits per heavy atom. The fourth-order valence-corrected chi connectivity index (χ4v) is 3.77. The van der Waals surface area contributed by atoms with Gasteiger partial charge in [0.2, 0.25) is 5.95 Å². The summed E-state index contributed by atoms with van der Waals surface area (Å²) in [5.74, 6) is -0.824. The third kappa shape index (κ3) is 3.94. The number of nitrogens with zero attached hydrogens (tertiary/aromatic N) is 2. The summed E-state index contributed by atoms with van der Waals surface area (Å²) in [6.07, 6.45) is 0. The summed E-state index contributed by atoms with van der Waals surface area (Å²) < 4.78 is 22.6. The third-order valence-electron chi connectivity index (χ3n) is 4.61. The van der Waals surface area contributed by atoms with Crippen molar-refractivity contribution in [1.29, 1.82) is 0 Å². The number of hydrogen-bond donors (Lipinski definition) is 2. The van der Waals surface area contributed by atoms with E-state index >= 15 is 0 Å². The highest BCUT2D eigenvalue weighted by Gasteiger charge is 2.20. The molecule has 0 saturated carbocycles. The lowest BCUT2D eigenvalue weighted by atomic mass is 10.1. The number of hydrogen-bond acceptors (Lipinski definition) is 4. The number of halogens is 4. The Morgan fingerprint density at radius 1 is 1.16 bits per heavy atom. The number of nitrogens with two attached hydrogens (primary N) is 1. The molecule has 0 radical (unpaired) electrons. The van der Waals surface area contributed by atoms with Gasteiger partial charge >= 0.3 is 0 Å². The molecule has 1 aromatic heterocycles. The summed E-state index contributed by atoms with van der Waals surface area (Å²) in [5, 5.41) is 2.97. The number of aromatic nitrogens is 2. The van der Waals surface area contributed by atoms with Crippen LogP contribution >= 0.6 is 39.1 Å². The molecule has 4 rings (SSSR count). The predicted octanol–water partition coefficient (Wildman–Crippen LogP) is 6.09. The van der Waals surface area contributed by atoms with Crippen molar-refractivity contribution in [3.05, 3.63) is 74.4 Å². The SMILES string of the molecule is COc1cc2c(cc1C(N)=O)nc(Nc1c(Cl)ccc(Cl)c1F)n2-c1ccc(Br)cc1. The van der Waals surface area contributed by atoms with Gasteiger partial charge in [0.25, 0.3) is 5.91 Å². The quantitative estimate of drug-likeness (QED) is 0.310. The summed E-state index contributed by atoms with van der Waals surface area (Å²) in [4.78, 5) is 16.4. The maximum Gasteiger partial charge on any atom is 0.252 e. The van der Waals surface area contributed by atoms with Gasteiger partial charge in [0.1, 0.15) is 5.75 Å². The molecule has 3 aromatic carbocycles. The number of carbonyl (C=O) groups is 1. The summed E-state index contributed by atoms with van der Waals surface area (Å²) in [5.41, 5.74) is 7.40. The van der Waals surface area contributed by atoms with Crippen LogP contribution in [0.5, 0.6) is 5.75 Å². The van der Waals surface area contributed by atoms with E-state index in [0.717, 1.165) is 10.2 Å². The van der Waals surface area contributed by atoms with Crippen molar-refractivity contribution in [2.75, 3.05) is 12.4 Å². The van der Waals surface area contributed by atoms with Crippen LogP contribution in [-0.4, -0.2) is 22.6 Å². The van der Waals surface area contributed by atoms with Crippen molar-refractivity contribution in [2.45, 2.75) is 0 Å². The van der Waals surface area contributed by atoms with Crippen molar-refractivity contribution < 1.29 is 13.9 Å². The highest BCUT2D eigenvalue weighted by Crippen LogP contribution is 2.36. The number of nitrogens with one attached hydrogen (secondary N) is 1. The van der Waals surface area contributed by atoms with Crippen LogP contribution < -0.4 is 15.8 Å². The van der Waals surface area contributed by atoms with Crippen molar-refractivity contribution in [3.8, 4) is 11.4 Å². The van der Waals surface area contributed by atoms with Crippen LogP contribution in [0.4, 0.5) is 16.0 Å². The topological polar surface area (TPSA) is 82.2 Å². The summed E-state index contributed by atoms with van der Waals surface area (Å²) >= 11 is 15.5. The van der Waals surface area contributed by atoms with E-state index in [0.29, 0.717) is 11.0 Å². The van der Waals surface area contributed by atoms with Crippen LogP contribution in [0.15, 0.2) is 53.0 Å². The van der Waals surface area contributed by atoms with Gasteiger partial charge in [0.15, 0.2) is 5.82 Å². The Balaban J connectivity index is 2.00. The number of primary amides is 1. The zero-order valence-electron chi connectivity index (χ0n) is 15.9. The van der Waals surface area contributed by atoms with E-state index in [1.165, 1.54) is 25.3 Å². The fraction of sp³-hybridized carbons (Fsp3) is 0.0476. The number of amides is 1. The second kappa shape index (κ2) is 8.37. The smallest absolute Gasteiger partial charge is 0.252 e. The van der Waals surface area contributed by atoms with Crippen molar-refractivity contribution >= 4 is 67.7 Å². The molecule has 158 valence electrons. The van der Waals surface area contributed by atoms with Crippen LogP contribution in [0.25, 0.3) is 16.7 Å². The van der Waals surface area contributed by atoms with Gasteiger partial charge in [-0.3, -0.25) is 9.36 Å². The molecule has 3 N–H and O–H groups in total. The number of rotatable bonds is 5. The van der Waals surface area contributed by atoms with Crippen molar-refractivity contribution in [1.82, 2.24) is 9.55 Å². The molecule has 1 heterocycles. The Kier molecular flexibility index (Phi) is 5.79. The monoisotopic (exact) mass is 522 g/mol. The Hall–Kier alpha value is -2.81. The number of anilines is 2. The number of carbonyl (C=O) groups excluding carboxylic acids is 1. The molecule has 0 aliphatic heterocycles. The molecule has 4 aromatic rings. The summed E-state index contributed by atoms with van der Waals surface area (Å²) in [7, 11) is 1.44. The van der Waals surface area contributed by atoms with Gasteiger partial charge in [-0.05, 0) is 42.5 Å². The molecule has 0 aliphatic rings. The molecule has 0 aliphatic carbocycles. The predicted molar refractivity (Wildman–Crippen MR) is 124 cm³/mol. The van der Waals surface area contributed by atoms with Gasteiger partial charge < -0.3 is 15.8 Å². The van der Waals surface area contributed by atoms with E-state index in [2.05, 4.69) is 26.2 Å². The maximum atomic E-state index is 14.7. The second-order valence-electron chi connectivity index (χ2n) is 6.50. The van der Waals surface area contributed by atoms with Gasteiger partial charge in [-0.15, -0.1) is 0 Å². The molecule has 0 unspecified atom stereocenters. The Bertz CT molecular complexity index is 1330. The van der Waals surface area contributed by atoms with Gasteiger partial charge in [-0.25, -0.2) is 9.37 Å². The molecular formula is C21H14BrCl2FN4O2. The summed E-state index contributed by atoms with van der Waals surface area (Å²) in [6, 6.07) is 13.4. The average molecular weight is 524 g/mol.